The van der Waals surface area contributed by atoms with E-state index in [4.69, 9.17) is 16.9 Å². The van der Waals surface area contributed by atoms with Gasteiger partial charge in [-0.1, -0.05) is 84.9 Å². The smallest absolute Gasteiger partial charge is 0.243 e. The van der Waals surface area contributed by atoms with Gasteiger partial charge < -0.3 is 21.7 Å². The van der Waals surface area contributed by atoms with Crippen LogP contribution in [0.15, 0.2) is 84.9 Å². The number of hydrogen-bond donors (Lipinski definition) is 4. The third kappa shape index (κ3) is 5.58. The highest BCUT2D eigenvalue weighted by Crippen LogP contribution is 2.30. The van der Waals surface area contributed by atoms with Crippen molar-refractivity contribution in [3.63, 3.8) is 0 Å². The first-order chi connectivity index (χ1) is 17.0. The zero-order valence-electron chi connectivity index (χ0n) is 19.6. The molecule has 2 atom stereocenters. The van der Waals surface area contributed by atoms with Crippen molar-refractivity contribution in [1.29, 1.82) is 5.41 Å². The second-order valence-electron chi connectivity index (χ2n) is 8.84. The molecule has 0 aromatic heterocycles. The standard InChI is InChI=1S/C28H31N5O2/c29-25(24(20-8-3-1-4-9-20)21-10-5-2-6-11-21)28(35)33-17-7-12-23(33)27(34)32-18-19-13-15-22(16-14-19)26(30)31/h1-6,8-11,13-16,23-25H,7,12,17-18,29H2,(H3,30,31)(H,32,34)/t23-,25+/m0/s1. The molecule has 0 bridgehead atoms. The summed E-state index contributed by atoms with van der Waals surface area (Å²) in [4.78, 5) is 28.3. The van der Waals surface area contributed by atoms with Crippen molar-refractivity contribution in [3.8, 4) is 0 Å². The Kier molecular flexibility index (Phi) is 7.57. The molecule has 2 amide bonds. The van der Waals surface area contributed by atoms with Crippen molar-refractivity contribution in [1.82, 2.24) is 10.2 Å². The number of carbonyl (C=O) groups is 2. The Labute approximate surface area is 205 Å². The van der Waals surface area contributed by atoms with Crippen LogP contribution < -0.4 is 16.8 Å². The average Bonchev–Trinajstić information content (AvgIpc) is 3.38. The molecule has 0 unspecified atom stereocenters. The van der Waals surface area contributed by atoms with Gasteiger partial charge in [0, 0.05) is 24.6 Å². The Morgan fingerprint density at radius 3 is 2.06 bits per heavy atom. The minimum atomic E-state index is -0.813. The molecule has 6 N–H and O–H groups in total. The van der Waals surface area contributed by atoms with Crippen LogP contribution in [0.4, 0.5) is 0 Å². The second kappa shape index (κ2) is 11.0. The summed E-state index contributed by atoms with van der Waals surface area (Å²) in [6.07, 6.45) is 1.36. The predicted octanol–water partition coefficient (Wildman–Crippen LogP) is 2.74. The molecule has 0 radical (unpaired) electrons. The number of likely N-dealkylation sites (tertiary alicyclic amines) is 1. The van der Waals surface area contributed by atoms with Crippen LogP contribution in [0.1, 0.15) is 41.0 Å². The first-order valence-electron chi connectivity index (χ1n) is 11.8. The SMILES string of the molecule is N=C(N)c1ccc(CNC(=O)[C@@H]2CCCN2C(=O)[C@H](N)C(c2ccccc2)c2ccccc2)cc1. The number of hydrogen-bond acceptors (Lipinski definition) is 4. The number of rotatable bonds is 8. The lowest BCUT2D eigenvalue weighted by Gasteiger charge is -2.31. The first-order valence-corrected chi connectivity index (χ1v) is 11.8. The topological polar surface area (TPSA) is 125 Å². The fourth-order valence-electron chi connectivity index (χ4n) is 4.67. The minimum Gasteiger partial charge on any atom is -0.384 e. The van der Waals surface area contributed by atoms with Crippen molar-refractivity contribution in [3.05, 3.63) is 107 Å². The van der Waals surface area contributed by atoms with Crippen molar-refractivity contribution >= 4 is 17.6 Å². The third-order valence-corrected chi connectivity index (χ3v) is 6.53. The molecular formula is C28H31N5O2. The lowest BCUT2D eigenvalue weighted by atomic mass is 9.84. The molecular weight excluding hydrogens is 438 g/mol. The maximum atomic E-state index is 13.6. The Morgan fingerprint density at radius 2 is 1.51 bits per heavy atom. The molecule has 180 valence electrons. The third-order valence-electron chi connectivity index (χ3n) is 6.53. The maximum absolute atomic E-state index is 13.6. The van der Waals surface area contributed by atoms with Crippen LogP contribution in [0.3, 0.4) is 0 Å². The van der Waals surface area contributed by atoms with Crippen LogP contribution in [0.25, 0.3) is 0 Å². The largest absolute Gasteiger partial charge is 0.384 e. The van der Waals surface area contributed by atoms with E-state index in [-0.39, 0.29) is 23.6 Å². The van der Waals surface area contributed by atoms with E-state index >= 15 is 0 Å². The van der Waals surface area contributed by atoms with Gasteiger partial charge in [0.2, 0.25) is 11.8 Å². The molecule has 0 saturated carbocycles. The number of amidine groups is 1. The van der Waals surface area contributed by atoms with Gasteiger partial charge in [-0.25, -0.2) is 0 Å². The van der Waals surface area contributed by atoms with Gasteiger partial charge in [0.05, 0.1) is 6.04 Å². The van der Waals surface area contributed by atoms with Gasteiger partial charge in [-0.15, -0.1) is 0 Å². The molecule has 1 heterocycles. The second-order valence-corrected chi connectivity index (χ2v) is 8.84. The van der Waals surface area contributed by atoms with E-state index in [1.807, 2.05) is 72.8 Å². The normalized spacial score (nSPS) is 16.2. The number of nitrogen functional groups attached to an aromatic ring is 1. The van der Waals surface area contributed by atoms with Crippen molar-refractivity contribution in [2.45, 2.75) is 37.4 Å². The summed E-state index contributed by atoms with van der Waals surface area (Å²) in [5, 5.41) is 10.4. The van der Waals surface area contributed by atoms with Gasteiger partial charge in [0.25, 0.3) is 0 Å². The van der Waals surface area contributed by atoms with Crippen LogP contribution in [0.5, 0.6) is 0 Å². The van der Waals surface area contributed by atoms with Gasteiger partial charge in [0.1, 0.15) is 11.9 Å². The summed E-state index contributed by atoms with van der Waals surface area (Å²) in [5.41, 5.74) is 15.6. The molecule has 7 heteroatoms. The number of nitrogens with zero attached hydrogens (tertiary/aromatic N) is 1. The van der Waals surface area contributed by atoms with Gasteiger partial charge in [-0.2, -0.15) is 0 Å². The fourth-order valence-corrected chi connectivity index (χ4v) is 4.67. The molecule has 1 fully saturated rings. The van der Waals surface area contributed by atoms with Gasteiger partial charge in [-0.3, -0.25) is 15.0 Å². The highest BCUT2D eigenvalue weighted by molar-refractivity contribution is 5.95. The molecule has 3 aromatic carbocycles. The number of nitrogens with one attached hydrogen (secondary N) is 2. The maximum Gasteiger partial charge on any atom is 0.243 e. The summed E-state index contributed by atoms with van der Waals surface area (Å²) in [5.74, 6) is -0.712. The predicted molar refractivity (Wildman–Crippen MR) is 137 cm³/mol. The van der Waals surface area contributed by atoms with E-state index in [1.54, 1.807) is 17.0 Å². The van der Waals surface area contributed by atoms with Crippen LogP contribution in [0, 0.1) is 5.41 Å². The fraction of sp³-hybridized carbons (Fsp3) is 0.250. The number of amides is 2. The molecule has 35 heavy (non-hydrogen) atoms. The molecule has 1 saturated heterocycles. The van der Waals surface area contributed by atoms with E-state index < -0.39 is 12.1 Å². The number of carbonyl (C=O) groups excluding carboxylic acids is 2. The molecule has 4 rings (SSSR count). The molecule has 3 aromatic rings. The molecule has 7 nitrogen and oxygen atoms in total. The average molecular weight is 470 g/mol. The quantitative estimate of drug-likeness (QED) is 0.299. The monoisotopic (exact) mass is 469 g/mol. The van der Waals surface area contributed by atoms with Gasteiger partial charge >= 0.3 is 0 Å². The Balaban J connectivity index is 1.47. The summed E-state index contributed by atoms with van der Waals surface area (Å²) < 4.78 is 0. The summed E-state index contributed by atoms with van der Waals surface area (Å²) in [6.45, 7) is 0.840. The summed E-state index contributed by atoms with van der Waals surface area (Å²) in [7, 11) is 0. The summed E-state index contributed by atoms with van der Waals surface area (Å²) >= 11 is 0. The molecule has 0 aliphatic carbocycles. The zero-order chi connectivity index (χ0) is 24.8. The van der Waals surface area contributed by atoms with Gasteiger partial charge in [0.15, 0.2) is 0 Å². The van der Waals surface area contributed by atoms with E-state index in [2.05, 4.69) is 5.32 Å². The number of nitrogens with two attached hydrogens (primary N) is 2. The lowest BCUT2D eigenvalue weighted by Crippen LogP contribution is -2.52. The number of benzene rings is 3. The summed E-state index contributed by atoms with van der Waals surface area (Å²) in [6, 6.07) is 25.4. The molecule has 1 aliphatic rings. The molecule has 0 spiro atoms. The highest BCUT2D eigenvalue weighted by atomic mass is 16.2. The van der Waals surface area contributed by atoms with Crippen LogP contribution in [0.2, 0.25) is 0 Å². The van der Waals surface area contributed by atoms with E-state index in [0.29, 0.717) is 25.1 Å². The zero-order valence-corrected chi connectivity index (χ0v) is 19.6. The van der Waals surface area contributed by atoms with Crippen LogP contribution in [-0.4, -0.2) is 41.2 Å². The van der Waals surface area contributed by atoms with Crippen molar-refractivity contribution in [2.75, 3.05) is 6.54 Å². The van der Waals surface area contributed by atoms with E-state index in [9.17, 15) is 9.59 Å². The van der Waals surface area contributed by atoms with Crippen LogP contribution >= 0.6 is 0 Å². The van der Waals surface area contributed by atoms with Crippen molar-refractivity contribution < 1.29 is 9.59 Å². The van der Waals surface area contributed by atoms with E-state index in [1.165, 1.54) is 0 Å². The first kappa shape index (κ1) is 24.2. The van der Waals surface area contributed by atoms with E-state index in [0.717, 1.165) is 23.1 Å². The highest BCUT2D eigenvalue weighted by Gasteiger charge is 2.39. The Bertz CT molecular complexity index is 1130. The van der Waals surface area contributed by atoms with Crippen LogP contribution in [-0.2, 0) is 16.1 Å². The Morgan fingerprint density at radius 1 is 0.943 bits per heavy atom. The van der Waals surface area contributed by atoms with Gasteiger partial charge in [-0.05, 0) is 29.5 Å². The lowest BCUT2D eigenvalue weighted by molar-refractivity contribution is -0.139. The van der Waals surface area contributed by atoms with Crippen molar-refractivity contribution in [2.24, 2.45) is 11.5 Å². The minimum absolute atomic E-state index is 0.00124. The Hall–Kier alpha value is -3.97. The molecule has 1 aliphatic heterocycles.